The smallest absolute Gasteiger partial charge is 0.269 e. The first-order valence-corrected chi connectivity index (χ1v) is 5.86. The first-order chi connectivity index (χ1) is 9.29. The van der Waals surface area contributed by atoms with Crippen molar-refractivity contribution >= 4 is 17.8 Å². The van der Waals surface area contributed by atoms with Crippen LogP contribution in [-0.2, 0) is 0 Å². The maximum Gasteiger partial charge on any atom is 0.269 e. The fraction of sp³-hybridized carbons (Fsp3) is 0.250. The minimum atomic E-state index is -0.869. The lowest BCUT2D eigenvalue weighted by molar-refractivity contribution is 0.0752. The van der Waals surface area contributed by atoms with Crippen molar-refractivity contribution in [3.63, 3.8) is 0 Å². The fourth-order valence-electron chi connectivity index (χ4n) is 1.76. The zero-order chi connectivity index (χ0) is 14.9. The van der Waals surface area contributed by atoms with Crippen LogP contribution in [0, 0.1) is 5.82 Å². The molecule has 0 radical (unpaired) electrons. The highest BCUT2D eigenvalue weighted by Gasteiger charge is 2.33. The van der Waals surface area contributed by atoms with Gasteiger partial charge in [0.15, 0.2) is 5.66 Å². The molecule has 0 spiro atoms. The normalized spacial score (nSPS) is 17.2. The van der Waals surface area contributed by atoms with Crippen molar-refractivity contribution in [2.75, 3.05) is 0 Å². The Hall–Kier alpha value is -2.64. The summed E-state index contributed by atoms with van der Waals surface area (Å²) in [7, 11) is 0. The van der Waals surface area contributed by atoms with Gasteiger partial charge in [-0.15, -0.1) is 0 Å². The molecule has 0 atom stereocenters. The highest BCUT2D eigenvalue weighted by atomic mass is 19.1. The summed E-state index contributed by atoms with van der Waals surface area (Å²) in [6.45, 7) is 3.43. The van der Waals surface area contributed by atoms with Crippen molar-refractivity contribution in [1.82, 2.24) is 10.4 Å². The van der Waals surface area contributed by atoms with Gasteiger partial charge in [0.1, 0.15) is 5.82 Å². The van der Waals surface area contributed by atoms with Crippen LogP contribution in [0.4, 0.5) is 4.39 Å². The zero-order valence-corrected chi connectivity index (χ0v) is 11.1. The van der Waals surface area contributed by atoms with Crippen LogP contribution in [0.1, 0.15) is 24.2 Å². The summed E-state index contributed by atoms with van der Waals surface area (Å²) in [6.07, 6.45) is 0. The van der Waals surface area contributed by atoms with E-state index in [1.165, 1.54) is 29.3 Å². The number of rotatable bonds is 2. The number of hydrogen-bond acceptors (Lipinski definition) is 6. The summed E-state index contributed by atoms with van der Waals surface area (Å²) >= 11 is 0. The van der Waals surface area contributed by atoms with E-state index in [0.29, 0.717) is 0 Å². The summed E-state index contributed by atoms with van der Waals surface area (Å²) in [5.74, 6) is -0.803. The largest absolute Gasteiger partial charge is 0.368 e. The molecular formula is C12H15FN6O. The summed E-state index contributed by atoms with van der Waals surface area (Å²) < 4.78 is 12.8. The van der Waals surface area contributed by atoms with E-state index in [2.05, 4.69) is 15.4 Å². The molecule has 1 aliphatic heterocycles. The molecule has 7 nitrogen and oxygen atoms in total. The Morgan fingerprint density at radius 2 is 1.90 bits per heavy atom. The molecule has 2 rings (SSSR count). The molecule has 0 saturated heterocycles. The van der Waals surface area contributed by atoms with Gasteiger partial charge in [0.2, 0.25) is 11.9 Å². The Balaban J connectivity index is 2.19. The average Bonchev–Trinajstić information content (AvgIpc) is 2.33. The molecule has 0 bridgehead atoms. The number of carbonyl (C=O) groups is 1. The van der Waals surface area contributed by atoms with Crippen LogP contribution in [0.15, 0.2) is 34.3 Å². The third-order valence-corrected chi connectivity index (χ3v) is 2.71. The number of aliphatic imine (C=N–C) groups is 2. The lowest BCUT2D eigenvalue weighted by Crippen LogP contribution is -2.61. The van der Waals surface area contributed by atoms with E-state index < -0.39 is 17.4 Å². The van der Waals surface area contributed by atoms with Crippen molar-refractivity contribution in [1.29, 1.82) is 0 Å². The van der Waals surface area contributed by atoms with Crippen LogP contribution < -0.4 is 16.9 Å². The number of hydrazine groups is 1. The van der Waals surface area contributed by atoms with Gasteiger partial charge in [-0.1, -0.05) is 0 Å². The van der Waals surface area contributed by atoms with E-state index >= 15 is 0 Å². The fourth-order valence-corrected chi connectivity index (χ4v) is 1.76. The van der Waals surface area contributed by atoms with Gasteiger partial charge in [0.05, 0.1) is 0 Å². The monoisotopic (exact) mass is 278 g/mol. The predicted octanol–water partition coefficient (Wildman–Crippen LogP) is 0.152. The quantitative estimate of drug-likeness (QED) is 0.715. The number of halogens is 1. The maximum atomic E-state index is 12.8. The zero-order valence-electron chi connectivity index (χ0n) is 11.1. The van der Waals surface area contributed by atoms with Gasteiger partial charge in [-0.2, -0.15) is 4.99 Å². The summed E-state index contributed by atoms with van der Waals surface area (Å²) in [5.41, 5.74) is 13.2. The Morgan fingerprint density at radius 1 is 1.30 bits per heavy atom. The first kappa shape index (κ1) is 13.8. The van der Waals surface area contributed by atoms with E-state index in [1.807, 2.05) is 0 Å². The highest BCUT2D eigenvalue weighted by molar-refractivity contribution is 5.99. The second-order valence-corrected chi connectivity index (χ2v) is 4.72. The van der Waals surface area contributed by atoms with E-state index in [4.69, 9.17) is 11.5 Å². The molecule has 8 heteroatoms. The number of amides is 1. The molecule has 0 aliphatic carbocycles. The molecule has 0 aromatic heterocycles. The Morgan fingerprint density at radius 3 is 2.45 bits per heavy atom. The minimum absolute atomic E-state index is 0.0259. The Labute approximate surface area is 115 Å². The number of nitrogens with two attached hydrogens (primary N) is 2. The lowest BCUT2D eigenvalue weighted by Gasteiger charge is -2.37. The second kappa shape index (κ2) is 4.80. The molecule has 1 amide bonds. The molecule has 5 N–H and O–H groups in total. The van der Waals surface area contributed by atoms with Gasteiger partial charge in [-0.05, 0) is 38.1 Å². The average molecular weight is 278 g/mol. The first-order valence-electron chi connectivity index (χ1n) is 5.86. The van der Waals surface area contributed by atoms with Crippen LogP contribution >= 0.6 is 0 Å². The maximum absolute atomic E-state index is 12.8. The van der Waals surface area contributed by atoms with Crippen molar-refractivity contribution in [3.05, 3.63) is 35.6 Å². The van der Waals surface area contributed by atoms with Gasteiger partial charge in [-0.3, -0.25) is 10.2 Å². The third-order valence-electron chi connectivity index (χ3n) is 2.71. The van der Waals surface area contributed by atoms with Crippen molar-refractivity contribution in [3.8, 4) is 0 Å². The van der Waals surface area contributed by atoms with Gasteiger partial charge in [-0.25, -0.2) is 14.4 Å². The highest BCUT2D eigenvalue weighted by Crippen LogP contribution is 2.17. The molecule has 106 valence electrons. The predicted molar refractivity (Wildman–Crippen MR) is 73.0 cm³/mol. The topological polar surface area (TPSA) is 109 Å². The van der Waals surface area contributed by atoms with Gasteiger partial charge < -0.3 is 11.5 Å². The van der Waals surface area contributed by atoms with E-state index in [9.17, 15) is 9.18 Å². The summed E-state index contributed by atoms with van der Waals surface area (Å²) in [5, 5.41) is 1.30. The SMILES string of the molecule is CC1(C)N=C(N)N=C(N)N1NC(=O)c1ccc(F)cc1. The molecule has 1 aromatic rings. The number of nitrogens with zero attached hydrogens (tertiary/aromatic N) is 3. The van der Waals surface area contributed by atoms with Gasteiger partial charge in [0.25, 0.3) is 5.91 Å². The molecule has 0 saturated carbocycles. The third kappa shape index (κ3) is 2.68. The van der Waals surface area contributed by atoms with Crippen LogP contribution in [0.2, 0.25) is 0 Å². The summed E-state index contributed by atoms with van der Waals surface area (Å²) in [4.78, 5) is 20.0. The van der Waals surface area contributed by atoms with Crippen LogP contribution in [0.25, 0.3) is 0 Å². The molecule has 1 aromatic carbocycles. The van der Waals surface area contributed by atoms with Gasteiger partial charge in [0, 0.05) is 5.56 Å². The Kier molecular flexibility index (Phi) is 3.31. The van der Waals surface area contributed by atoms with Gasteiger partial charge >= 0.3 is 0 Å². The molecule has 1 heterocycles. The lowest BCUT2D eigenvalue weighted by atomic mass is 10.2. The number of hydrogen-bond donors (Lipinski definition) is 3. The second-order valence-electron chi connectivity index (χ2n) is 4.72. The molecule has 0 fully saturated rings. The van der Waals surface area contributed by atoms with Crippen LogP contribution in [0.3, 0.4) is 0 Å². The van der Waals surface area contributed by atoms with Crippen molar-refractivity contribution in [2.24, 2.45) is 21.5 Å². The molecule has 1 aliphatic rings. The standard InChI is InChI=1S/C12H15FN6O/c1-12(2)17-10(14)16-11(15)19(12)18-9(20)7-3-5-8(13)6-4-7/h3-6H,1-2H3,(H,18,20)(H4,14,15,16,17). The number of benzene rings is 1. The number of nitrogens with one attached hydrogen (secondary N) is 1. The number of carbonyl (C=O) groups excluding carboxylic acids is 1. The van der Waals surface area contributed by atoms with E-state index in [0.717, 1.165) is 0 Å². The van der Waals surface area contributed by atoms with E-state index in [1.54, 1.807) is 13.8 Å². The molecule has 20 heavy (non-hydrogen) atoms. The summed E-state index contributed by atoms with van der Waals surface area (Å²) in [6, 6.07) is 5.13. The van der Waals surface area contributed by atoms with Crippen molar-refractivity contribution in [2.45, 2.75) is 19.5 Å². The number of guanidine groups is 2. The molecular weight excluding hydrogens is 263 g/mol. The minimum Gasteiger partial charge on any atom is -0.368 e. The molecule has 0 unspecified atom stereocenters. The van der Waals surface area contributed by atoms with Crippen molar-refractivity contribution < 1.29 is 9.18 Å². The van der Waals surface area contributed by atoms with Crippen LogP contribution in [0.5, 0.6) is 0 Å². The Bertz CT molecular complexity index is 592. The van der Waals surface area contributed by atoms with Crippen LogP contribution in [-0.4, -0.2) is 28.5 Å². The van der Waals surface area contributed by atoms with E-state index in [-0.39, 0.29) is 17.5 Å².